The third-order valence-corrected chi connectivity index (χ3v) is 4.99. The quantitative estimate of drug-likeness (QED) is 0.886. The molecule has 5 heteroatoms. The second kappa shape index (κ2) is 7.40. The minimum atomic E-state index is -0.735. The standard InChI is InChI=1S/C20H26N2O3/c1-4-25-20(11-5-7-14(2)13-20)19(23)22-16-9-10-17(24-3)18-15(16)8-6-12-21-18/h6,8-10,12,14H,4-5,7,11,13H2,1-3H3,(H,22,23)/t14-,20-/m0/s1. The van der Waals surface area contributed by atoms with Gasteiger partial charge < -0.3 is 14.8 Å². The number of carbonyl (C=O) groups excluding carboxylic acids is 1. The molecule has 0 spiro atoms. The van der Waals surface area contributed by atoms with E-state index in [9.17, 15) is 4.79 Å². The molecule has 25 heavy (non-hydrogen) atoms. The number of pyridine rings is 1. The van der Waals surface area contributed by atoms with Gasteiger partial charge in [0.25, 0.3) is 5.91 Å². The van der Waals surface area contributed by atoms with Crippen LogP contribution in [0.15, 0.2) is 30.5 Å². The zero-order chi connectivity index (χ0) is 17.9. The molecule has 0 aliphatic heterocycles. The van der Waals surface area contributed by atoms with E-state index in [0.29, 0.717) is 18.3 Å². The second-order valence-electron chi connectivity index (χ2n) is 6.80. The van der Waals surface area contributed by atoms with Crippen LogP contribution in [-0.4, -0.2) is 30.2 Å². The van der Waals surface area contributed by atoms with E-state index < -0.39 is 5.60 Å². The van der Waals surface area contributed by atoms with Crippen LogP contribution < -0.4 is 10.1 Å². The molecule has 1 aromatic carbocycles. The van der Waals surface area contributed by atoms with E-state index in [-0.39, 0.29) is 5.91 Å². The van der Waals surface area contributed by atoms with Crippen molar-refractivity contribution in [1.82, 2.24) is 4.98 Å². The third-order valence-electron chi connectivity index (χ3n) is 4.99. The molecule has 2 aromatic rings. The summed E-state index contributed by atoms with van der Waals surface area (Å²) in [7, 11) is 1.62. The molecule has 1 fully saturated rings. The summed E-state index contributed by atoms with van der Waals surface area (Å²) in [6.45, 7) is 4.67. The highest BCUT2D eigenvalue weighted by Crippen LogP contribution is 2.37. The number of rotatable bonds is 5. The first-order valence-electron chi connectivity index (χ1n) is 8.97. The van der Waals surface area contributed by atoms with E-state index in [0.717, 1.165) is 42.3 Å². The topological polar surface area (TPSA) is 60.5 Å². The van der Waals surface area contributed by atoms with Gasteiger partial charge in [-0.3, -0.25) is 9.78 Å². The van der Waals surface area contributed by atoms with Gasteiger partial charge >= 0.3 is 0 Å². The Hall–Kier alpha value is -2.14. The van der Waals surface area contributed by atoms with Gasteiger partial charge in [-0.1, -0.05) is 13.3 Å². The number of amides is 1. The predicted octanol–water partition coefficient (Wildman–Crippen LogP) is 4.17. The lowest BCUT2D eigenvalue weighted by atomic mass is 9.78. The van der Waals surface area contributed by atoms with Gasteiger partial charge in [-0.2, -0.15) is 0 Å². The highest BCUT2D eigenvalue weighted by Gasteiger charge is 2.42. The van der Waals surface area contributed by atoms with E-state index in [2.05, 4.69) is 17.2 Å². The van der Waals surface area contributed by atoms with Crippen LogP contribution in [0.5, 0.6) is 5.75 Å². The van der Waals surface area contributed by atoms with Crippen LogP contribution in [0.1, 0.15) is 39.5 Å². The second-order valence-corrected chi connectivity index (χ2v) is 6.80. The Kier molecular flexibility index (Phi) is 5.23. The van der Waals surface area contributed by atoms with Crippen molar-refractivity contribution in [2.45, 2.75) is 45.1 Å². The molecule has 1 aliphatic carbocycles. The predicted molar refractivity (Wildman–Crippen MR) is 98.9 cm³/mol. The van der Waals surface area contributed by atoms with Crippen molar-refractivity contribution in [3.8, 4) is 5.75 Å². The number of methoxy groups -OCH3 is 1. The monoisotopic (exact) mass is 342 g/mol. The number of fused-ring (bicyclic) bond motifs is 1. The Labute approximate surface area is 148 Å². The van der Waals surface area contributed by atoms with Crippen LogP contribution >= 0.6 is 0 Å². The first kappa shape index (κ1) is 17.7. The molecule has 134 valence electrons. The SMILES string of the molecule is CCO[C@@]1(C(=O)Nc2ccc(OC)c3ncccc23)CCC[C@H](C)C1. The molecule has 0 radical (unpaired) electrons. The number of ether oxygens (including phenoxy) is 2. The Balaban J connectivity index is 1.93. The maximum Gasteiger partial charge on any atom is 0.256 e. The van der Waals surface area contributed by atoms with Gasteiger partial charge in [0.2, 0.25) is 0 Å². The van der Waals surface area contributed by atoms with Crippen LogP contribution in [-0.2, 0) is 9.53 Å². The normalized spacial score (nSPS) is 23.4. The number of hydrogen-bond donors (Lipinski definition) is 1. The van der Waals surface area contributed by atoms with Crippen molar-refractivity contribution in [3.05, 3.63) is 30.5 Å². The largest absolute Gasteiger partial charge is 0.494 e. The van der Waals surface area contributed by atoms with Crippen LogP contribution in [0, 0.1) is 5.92 Å². The van der Waals surface area contributed by atoms with E-state index in [4.69, 9.17) is 9.47 Å². The summed E-state index contributed by atoms with van der Waals surface area (Å²) in [4.78, 5) is 17.5. The first-order chi connectivity index (χ1) is 12.1. The fraction of sp³-hybridized carbons (Fsp3) is 0.500. The molecule has 0 bridgehead atoms. The van der Waals surface area contributed by atoms with Gasteiger partial charge in [0.1, 0.15) is 16.9 Å². The summed E-state index contributed by atoms with van der Waals surface area (Å²) in [6, 6.07) is 7.50. The average molecular weight is 342 g/mol. The van der Waals surface area contributed by atoms with Crippen LogP contribution in [0.3, 0.4) is 0 Å². The van der Waals surface area contributed by atoms with E-state index in [1.807, 2.05) is 31.2 Å². The molecule has 0 unspecified atom stereocenters. The Morgan fingerprint density at radius 2 is 2.24 bits per heavy atom. The minimum absolute atomic E-state index is 0.0591. The number of anilines is 1. The molecule has 1 amide bonds. The molecule has 2 atom stereocenters. The summed E-state index contributed by atoms with van der Waals surface area (Å²) in [5, 5.41) is 3.96. The molecule has 5 nitrogen and oxygen atoms in total. The van der Waals surface area contributed by atoms with E-state index >= 15 is 0 Å². The molecule has 1 N–H and O–H groups in total. The smallest absolute Gasteiger partial charge is 0.256 e. The fourth-order valence-electron chi connectivity index (χ4n) is 3.84. The van der Waals surface area contributed by atoms with Gasteiger partial charge in [-0.05, 0) is 56.4 Å². The number of hydrogen-bond acceptors (Lipinski definition) is 4. The Bertz CT molecular complexity index is 758. The summed E-state index contributed by atoms with van der Waals surface area (Å²) in [5.74, 6) is 1.12. The van der Waals surface area contributed by atoms with Crippen LogP contribution in [0.25, 0.3) is 10.9 Å². The van der Waals surface area contributed by atoms with Gasteiger partial charge in [-0.15, -0.1) is 0 Å². The lowest BCUT2D eigenvalue weighted by molar-refractivity contribution is -0.147. The number of aromatic nitrogens is 1. The van der Waals surface area contributed by atoms with Crippen LogP contribution in [0.4, 0.5) is 5.69 Å². The molecular formula is C20H26N2O3. The lowest BCUT2D eigenvalue weighted by Crippen LogP contribution is -2.48. The Morgan fingerprint density at radius 1 is 1.40 bits per heavy atom. The summed E-state index contributed by atoms with van der Waals surface area (Å²) >= 11 is 0. The highest BCUT2D eigenvalue weighted by atomic mass is 16.5. The van der Waals surface area contributed by atoms with E-state index in [1.54, 1.807) is 13.3 Å². The number of carbonyl (C=O) groups is 1. The van der Waals surface area contributed by atoms with Crippen molar-refractivity contribution in [3.63, 3.8) is 0 Å². The maximum absolute atomic E-state index is 13.1. The molecule has 1 aromatic heterocycles. The van der Waals surface area contributed by atoms with Gasteiger partial charge in [0.05, 0.1) is 12.8 Å². The molecule has 1 heterocycles. The molecule has 3 rings (SSSR count). The highest BCUT2D eigenvalue weighted by molar-refractivity contribution is 6.05. The summed E-state index contributed by atoms with van der Waals surface area (Å²) in [5.41, 5.74) is 0.748. The Morgan fingerprint density at radius 3 is 2.96 bits per heavy atom. The first-order valence-corrected chi connectivity index (χ1v) is 8.97. The summed E-state index contributed by atoms with van der Waals surface area (Å²) < 4.78 is 11.4. The average Bonchev–Trinajstić information content (AvgIpc) is 2.62. The van der Waals surface area contributed by atoms with Gasteiger partial charge in [0, 0.05) is 18.2 Å². The zero-order valence-corrected chi connectivity index (χ0v) is 15.2. The minimum Gasteiger partial charge on any atom is -0.494 e. The molecule has 1 saturated carbocycles. The van der Waals surface area contributed by atoms with Crippen molar-refractivity contribution in [2.24, 2.45) is 5.92 Å². The van der Waals surface area contributed by atoms with E-state index in [1.165, 1.54) is 0 Å². The number of benzene rings is 1. The molecule has 0 saturated heterocycles. The molecular weight excluding hydrogens is 316 g/mol. The van der Waals surface area contributed by atoms with Gasteiger partial charge in [-0.25, -0.2) is 0 Å². The van der Waals surface area contributed by atoms with Crippen molar-refractivity contribution < 1.29 is 14.3 Å². The van der Waals surface area contributed by atoms with Crippen molar-refractivity contribution >= 4 is 22.5 Å². The lowest BCUT2D eigenvalue weighted by Gasteiger charge is -2.38. The van der Waals surface area contributed by atoms with Crippen LogP contribution in [0.2, 0.25) is 0 Å². The third kappa shape index (κ3) is 3.47. The number of nitrogens with one attached hydrogen (secondary N) is 1. The van der Waals surface area contributed by atoms with Crippen molar-refractivity contribution in [2.75, 3.05) is 19.0 Å². The number of nitrogens with zero attached hydrogens (tertiary/aromatic N) is 1. The van der Waals surface area contributed by atoms with Crippen molar-refractivity contribution in [1.29, 1.82) is 0 Å². The summed E-state index contributed by atoms with van der Waals surface area (Å²) in [6.07, 6.45) is 5.42. The zero-order valence-electron chi connectivity index (χ0n) is 15.2. The van der Waals surface area contributed by atoms with Gasteiger partial charge in [0.15, 0.2) is 0 Å². The fourth-order valence-corrected chi connectivity index (χ4v) is 3.84. The maximum atomic E-state index is 13.1. The molecule has 1 aliphatic rings.